The Balaban J connectivity index is 1.45. The summed E-state index contributed by atoms with van der Waals surface area (Å²) in [4.78, 5) is 13.8. The normalized spacial score (nSPS) is 23.5. The predicted molar refractivity (Wildman–Crippen MR) is 129 cm³/mol. The number of carbonyl (C=O) groups is 1. The fraction of sp³-hybridized carbons (Fsp3) is 0.455. The quantitative estimate of drug-likeness (QED) is 0.473. The largest absolute Gasteiger partial charge is 0.472 e. The van der Waals surface area contributed by atoms with E-state index < -0.39 is 34.0 Å². The molecule has 0 saturated carbocycles. The summed E-state index contributed by atoms with van der Waals surface area (Å²) in [6, 6.07) is 4.86. The monoisotopic (exact) mass is 558 g/mol. The van der Waals surface area contributed by atoms with Crippen molar-refractivity contribution in [3.8, 4) is 5.88 Å². The molecule has 0 aromatic carbocycles. The van der Waals surface area contributed by atoms with Crippen molar-refractivity contribution in [1.29, 1.82) is 0 Å². The SMILES string of the molecule is CC1CN(S(=O)(=O)N2CCC(O)C2)CC1c1nn(C(=O)c2ccoc2)c(OCc2ccc(Cl)s2)c1F. The molecule has 0 bridgehead atoms. The molecule has 3 atom stereocenters. The second-order valence-corrected chi connectivity index (χ2v) is 12.7. The Kier molecular flexibility index (Phi) is 6.96. The first-order valence-corrected chi connectivity index (χ1v) is 13.9. The summed E-state index contributed by atoms with van der Waals surface area (Å²) in [6.07, 6.45) is 2.22. The molecule has 0 spiro atoms. The molecule has 2 saturated heterocycles. The van der Waals surface area contributed by atoms with Gasteiger partial charge in [-0.15, -0.1) is 11.3 Å². The van der Waals surface area contributed by atoms with Crippen LogP contribution in [0.4, 0.5) is 4.39 Å². The lowest BCUT2D eigenvalue weighted by Crippen LogP contribution is -2.42. The first-order valence-electron chi connectivity index (χ1n) is 11.3. The van der Waals surface area contributed by atoms with Gasteiger partial charge in [-0.05, 0) is 30.5 Å². The zero-order valence-electron chi connectivity index (χ0n) is 19.2. The number of nitrogens with zero attached hydrogens (tertiary/aromatic N) is 4. The Morgan fingerprint density at radius 1 is 1.31 bits per heavy atom. The number of rotatable bonds is 7. The third-order valence-corrected chi connectivity index (χ3v) is 9.60. The summed E-state index contributed by atoms with van der Waals surface area (Å²) in [5, 5.41) is 14.0. The number of aliphatic hydroxyl groups excluding tert-OH is 1. The lowest BCUT2D eigenvalue weighted by Gasteiger charge is -2.23. The minimum Gasteiger partial charge on any atom is -0.472 e. The number of hydrogen-bond donors (Lipinski definition) is 1. The van der Waals surface area contributed by atoms with Crippen LogP contribution in [0.5, 0.6) is 5.88 Å². The molecule has 5 heterocycles. The number of aliphatic hydroxyl groups is 1. The Hall–Kier alpha value is -2.29. The Labute approximate surface area is 216 Å². The van der Waals surface area contributed by atoms with E-state index >= 15 is 4.39 Å². The summed E-state index contributed by atoms with van der Waals surface area (Å²) in [7, 11) is -3.83. The highest BCUT2D eigenvalue weighted by molar-refractivity contribution is 7.86. The number of halogens is 2. The van der Waals surface area contributed by atoms with Crippen LogP contribution < -0.4 is 4.74 Å². The van der Waals surface area contributed by atoms with E-state index in [2.05, 4.69) is 5.10 Å². The van der Waals surface area contributed by atoms with E-state index in [1.54, 1.807) is 12.1 Å². The molecule has 10 nitrogen and oxygen atoms in total. The highest BCUT2D eigenvalue weighted by Crippen LogP contribution is 2.38. The van der Waals surface area contributed by atoms with Crippen LogP contribution in [0.3, 0.4) is 0 Å². The smallest absolute Gasteiger partial charge is 0.284 e. The van der Waals surface area contributed by atoms with E-state index in [9.17, 15) is 18.3 Å². The average Bonchev–Trinajstić information content (AvgIpc) is 3.64. The first-order chi connectivity index (χ1) is 17.1. The van der Waals surface area contributed by atoms with Crippen LogP contribution in [0, 0.1) is 11.7 Å². The number of β-amino-alcohol motifs (C(OH)–C–C–N with tert-alkyl or cyclic N) is 1. The summed E-state index contributed by atoms with van der Waals surface area (Å²) in [6.45, 7) is 2.19. The van der Waals surface area contributed by atoms with Crippen LogP contribution in [0.15, 0.2) is 35.1 Å². The lowest BCUT2D eigenvalue weighted by atomic mass is 9.95. The molecule has 5 rings (SSSR count). The summed E-state index contributed by atoms with van der Waals surface area (Å²) >= 11 is 7.24. The minimum absolute atomic E-state index is 0.0100. The molecule has 0 radical (unpaired) electrons. The van der Waals surface area contributed by atoms with Crippen molar-refractivity contribution in [2.75, 3.05) is 26.2 Å². The first kappa shape index (κ1) is 25.4. The standard InChI is InChI=1S/C22H24ClFN4O6S2/c1-13-8-27(36(31,32)26-6-4-15(29)9-26)10-17(13)20-19(24)22(34-12-16-2-3-18(23)35-16)28(25-20)21(30)14-5-7-33-11-14/h2-3,5,7,11,13,15,17,29H,4,6,8-10,12H2,1H3. The maximum absolute atomic E-state index is 15.8. The maximum atomic E-state index is 15.8. The van der Waals surface area contributed by atoms with Gasteiger partial charge in [-0.2, -0.15) is 31.2 Å². The van der Waals surface area contributed by atoms with Gasteiger partial charge in [-0.25, -0.2) is 0 Å². The van der Waals surface area contributed by atoms with Crippen molar-refractivity contribution < 1.29 is 31.9 Å². The fourth-order valence-electron chi connectivity index (χ4n) is 4.53. The predicted octanol–water partition coefficient (Wildman–Crippen LogP) is 2.94. The topological polar surface area (TPSA) is 118 Å². The number of carbonyl (C=O) groups excluding carboxylic acids is 1. The molecule has 0 amide bonds. The highest BCUT2D eigenvalue weighted by atomic mass is 35.5. The van der Waals surface area contributed by atoms with Gasteiger partial charge in [-0.1, -0.05) is 18.5 Å². The second kappa shape index (κ2) is 9.88. The van der Waals surface area contributed by atoms with Gasteiger partial charge in [0, 0.05) is 37.0 Å². The number of thiophene rings is 1. The van der Waals surface area contributed by atoms with Crippen LogP contribution in [-0.4, -0.2) is 70.1 Å². The van der Waals surface area contributed by atoms with Crippen LogP contribution in [-0.2, 0) is 16.8 Å². The van der Waals surface area contributed by atoms with Crippen molar-refractivity contribution >= 4 is 39.1 Å². The second-order valence-electron chi connectivity index (χ2n) is 8.94. The van der Waals surface area contributed by atoms with Gasteiger partial charge in [0.05, 0.1) is 22.3 Å². The molecule has 3 aromatic rings. The van der Waals surface area contributed by atoms with E-state index in [-0.39, 0.29) is 55.8 Å². The summed E-state index contributed by atoms with van der Waals surface area (Å²) in [5.41, 5.74) is 0.113. The van der Waals surface area contributed by atoms with E-state index in [0.29, 0.717) is 10.8 Å². The van der Waals surface area contributed by atoms with Crippen molar-refractivity contribution in [2.45, 2.75) is 32.0 Å². The molecule has 2 fully saturated rings. The average molecular weight is 559 g/mol. The maximum Gasteiger partial charge on any atom is 0.284 e. The van der Waals surface area contributed by atoms with Gasteiger partial charge in [-0.3, -0.25) is 4.79 Å². The van der Waals surface area contributed by atoms with Crippen molar-refractivity contribution in [3.63, 3.8) is 0 Å². The van der Waals surface area contributed by atoms with Crippen molar-refractivity contribution in [3.05, 3.63) is 57.0 Å². The Bertz CT molecular complexity index is 1360. The van der Waals surface area contributed by atoms with Gasteiger partial charge in [0.1, 0.15) is 18.6 Å². The zero-order valence-corrected chi connectivity index (χ0v) is 21.6. The van der Waals surface area contributed by atoms with Gasteiger partial charge >= 0.3 is 0 Å². The third-order valence-electron chi connectivity index (χ3n) is 6.46. The van der Waals surface area contributed by atoms with E-state index in [0.717, 1.165) is 9.56 Å². The van der Waals surface area contributed by atoms with Gasteiger partial charge < -0.3 is 14.3 Å². The number of furan rings is 1. The zero-order chi connectivity index (χ0) is 25.6. The highest BCUT2D eigenvalue weighted by Gasteiger charge is 2.44. The Morgan fingerprint density at radius 2 is 2.11 bits per heavy atom. The van der Waals surface area contributed by atoms with E-state index in [4.69, 9.17) is 20.8 Å². The van der Waals surface area contributed by atoms with Gasteiger partial charge in [0.2, 0.25) is 5.82 Å². The lowest BCUT2D eigenvalue weighted by molar-refractivity contribution is 0.0925. The molecule has 14 heteroatoms. The van der Waals surface area contributed by atoms with Crippen LogP contribution >= 0.6 is 22.9 Å². The molecule has 36 heavy (non-hydrogen) atoms. The summed E-state index contributed by atoms with van der Waals surface area (Å²) < 4.78 is 56.6. The van der Waals surface area contributed by atoms with Crippen LogP contribution in [0.25, 0.3) is 0 Å². The molecule has 1 N–H and O–H groups in total. The number of hydrogen-bond acceptors (Lipinski definition) is 8. The molecule has 3 aromatic heterocycles. The van der Waals surface area contributed by atoms with E-state index in [1.807, 2.05) is 6.92 Å². The van der Waals surface area contributed by atoms with Crippen molar-refractivity contribution in [1.82, 2.24) is 18.4 Å². The minimum atomic E-state index is -3.83. The number of ether oxygens (including phenoxy) is 1. The molecule has 2 aliphatic heterocycles. The molecule has 2 aliphatic rings. The third kappa shape index (κ3) is 4.71. The molecular weight excluding hydrogens is 535 g/mol. The molecule has 194 valence electrons. The van der Waals surface area contributed by atoms with Gasteiger partial charge in [0.15, 0.2) is 0 Å². The van der Waals surface area contributed by atoms with Gasteiger partial charge in [0.25, 0.3) is 22.0 Å². The fourth-order valence-corrected chi connectivity index (χ4v) is 7.32. The Morgan fingerprint density at radius 3 is 2.75 bits per heavy atom. The van der Waals surface area contributed by atoms with Crippen LogP contribution in [0.2, 0.25) is 4.34 Å². The molecule has 3 unspecified atom stereocenters. The molecule has 0 aliphatic carbocycles. The molecular formula is C22H24ClFN4O6S2. The van der Waals surface area contributed by atoms with E-state index in [1.165, 1.54) is 38.5 Å². The van der Waals surface area contributed by atoms with Crippen molar-refractivity contribution in [2.24, 2.45) is 5.92 Å². The van der Waals surface area contributed by atoms with Crippen LogP contribution in [0.1, 0.15) is 40.2 Å². The number of aromatic nitrogens is 2. The summed E-state index contributed by atoms with van der Waals surface area (Å²) in [5.74, 6) is -2.71.